The standard InChI is InChI=1S/C19H16N6O5/c1-4-23(5-2)19(26)17(15-7-6-13(21-3)8-12(15)10-20)18-16(25(29)30)9-14(11-22-18)24(27)28/h6-9,11,17H,4-5H2,1-2H3. The van der Waals surface area contributed by atoms with Gasteiger partial charge in [-0.15, -0.1) is 0 Å². The summed E-state index contributed by atoms with van der Waals surface area (Å²) in [6, 6.07) is 6.70. The number of nitriles is 1. The molecule has 11 heteroatoms. The van der Waals surface area contributed by atoms with Crippen molar-refractivity contribution in [1.82, 2.24) is 9.88 Å². The van der Waals surface area contributed by atoms with Crippen LogP contribution in [0.2, 0.25) is 0 Å². The predicted octanol–water partition coefficient (Wildman–Crippen LogP) is 3.32. The predicted molar refractivity (Wildman–Crippen MR) is 105 cm³/mol. The number of hydrogen-bond donors (Lipinski definition) is 0. The van der Waals surface area contributed by atoms with Gasteiger partial charge in [0.25, 0.3) is 11.4 Å². The van der Waals surface area contributed by atoms with Crippen LogP contribution in [-0.4, -0.2) is 38.7 Å². The lowest BCUT2D eigenvalue weighted by molar-refractivity contribution is -0.395. The second-order valence-electron chi connectivity index (χ2n) is 6.05. The van der Waals surface area contributed by atoms with Crippen molar-refractivity contribution < 1.29 is 14.6 Å². The fourth-order valence-electron chi connectivity index (χ4n) is 3.00. The van der Waals surface area contributed by atoms with Crippen LogP contribution < -0.4 is 0 Å². The van der Waals surface area contributed by atoms with Crippen LogP contribution in [0.15, 0.2) is 30.5 Å². The second-order valence-corrected chi connectivity index (χ2v) is 6.05. The number of amides is 1. The molecule has 1 heterocycles. The van der Waals surface area contributed by atoms with E-state index in [1.54, 1.807) is 13.8 Å². The molecule has 1 unspecified atom stereocenters. The summed E-state index contributed by atoms with van der Waals surface area (Å²) in [6.07, 6.45) is 0.838. The van der Waals surface area contributed by atoms with Crippen molar-refractivity contribution >= 4 is 23.0 Å². The van der Waals surface area contributed by atoms with Gasteiger partial charge in [0.05, 0.1) is 28.6 Å². The first-order valence-corrected chi connectivity index (χ1v) is 8.77. The Bertz CT molecular complexity index is 1100. The minimum Gasteiger partial charge on any atom is -0.342 e. The topological polar surface area (TPSA) is 148 Å². The maximum absolute atomic E-state index is 13.3. The smallest absolute Gasteiger partial charge is 0.298 e. The Kier molecular flexibility index (Phi) is 6.73. The van der Waals surface area contributed by atoms with Crippen molar-refractivity contribution in [3.8, 4) is 6.07 Å². The highest BCUT2D eigenvalue weighted by molar-refractivity contribution is 5.89. The summed E-state index contributed by atoms with van der Waals surface area (Å²) in [4.78, 5) is 42.8. The van der Waals surface area contributed by atoms with Gasteiger partial charge in [-0.3, -0.25) is 25.0 Å². The molecule has 1 amide bonds. The van der Waals surface area contributed by atoms with Gasteiger partial charge in [-0.1, -0.05) is 12.1 Å². The molecule has 0 saturated carbocycles. The molecule has 0 fully saturated rings. The SMILES string of the molecule is [C-]#[N+]c1ccc(C(C(=O)N(CC)CC)c2ncc([N+](=O)[O-])cc2[N+](=O)[O-])c(C#N)c1. The molecule has 1 atom stereocenters. The molecular formula is C19H16N6O5. The molecule has 152 valence electrons. The molecule has 0 aliphatic rings. The van der Waals surface area contributed by atoms with Crippen LogP contribution in [0.5, 0.6) is 0 Å². The number of pyridine rings is 1. The van der Waals surface area contributed by atoms with Crippen LogP contribution in [0, 0.1) is 38.1 Å². The average molecular weight is 408 g/mol. The normalized spacial score (nSPS) is 11.1. The van der Waals surface area contributed by atoms with E-state index >= 15 is 0 Å². The molecule has 0 bridgehead atoms. The number of nitrogens with zero attached hydrogens (tertiary/aromatic N) is 6. The summed E-state index contributed by atoms with van der Waals surface area (Å²) in [6.45, 7) is 11.2. The molecule has 1 aromatic heterocycles. The maximum atomic E-state index is 13.3. The van der Waals surface area contributed by atoms with Crippen molar-refractivity contribution in [3.63, 3.8) is 0 Å². The van der Waals surface area contributed by atoms with Crippen molar-refractivity contribution in [2.75, 3.05) is 13.1 Å². The molecule has 0 aliphatic carbocycles. The largest absolute Gasteiger partial charge is 0.342 e. The van der Waals surface area contributed by atoms with E-state index in [1.807, 2.05) is 6.07 Å². The van der Waals surface area contributed by atoms with Crippen molar-refractivity contribution in [2.24, 2.45) is 0 Å². The van der Waals surface area contributed by atoms with Gasteiger partial charge >= 0.3 is 0 Å². The Balaban J connectivity index is 2.85. The minimum absolute atomic E-state index is 0.0107. The summed E-state index contributed by atoms with van der Waals surface area (Å²) >= 11 is 0. The van der Waals surface area contributed by atoms with Gasteiger partial charge in [-0.2, -0.15) is 5.26 Å². The first kappa shape index (κ1) is 21.9. The fourth-order valence-corrected chi connectivity index (χ4v) is 3.00. The van der Waals surface area contributed by atoms with E-state index in [4.69, 9.17) is 6.57 Å². The fraction of sp³-hybridized carbons (Fsp3) is 0.263. The molecule has 0 radical (unpaired) electrons. The van der Waals surface area contributed by atoms with Gasteiger partial charge in [0.2, 0.25) is 5.91 Å². The highest BCUT2D eigenvalue weighted by Crippen LogP contribution is 2.36. The van der Waals surface area contributed by atoms with Crippen LogP contribution in [0.1, 0.15) is 36.6 Å². The zero-order valence-corrected chi connectivity index (χ0v) is 16.1. The van der Waals surface area contributed by atoms with E-state index in [1.165, 1.54) is 23.1 Å². The average Bonchev–Trinajstić information content (AvgIpc) is 2.74. The second kappa shape index (κ2) is 9.21. The summed E-state index contributed by atoms with van der Waals surface area (Å²) < 4.78 is 0. The molecule has 0 N–H and O–H groups in total. The first-order valence-electron chi connectivity index (χ1n) is 8.77. The molecule has 2 rings (SSSR count). The van der Waals surface area contributed by atoms with E-state index in [9.17, 15) is 30.3 Å². The highest BCUT2D eigenvalue weighted by Gasteiger charge is 2.36. The zero-order chi connectivity index (χ0) is 22.4. The molecular weight excluding hydrogens is 392 g/mol. The molecule has 0 aliphatic heterocycles. The van der Waals surface area contributed by atoms with Gasteiger partial charge in [-0.25, -0.2) is 9.83 Å². The third-order valence-electron chi connectivity index (χ3n) is 4.48. The van der Waals surface area contributed by atoms with Crippen LogP contribution in [0.25, 0.3) is 4.85 Å². The molecule has 11 nitrogen and oxygen atoms in total. The number of carbonyl (C=O) groups excluding carboxylic acids is 1. The summed E-state index contributed by atoms with van der Waals surface area (Å²) in [7, 11) is 0. The van der Waals surface area contributed by atoms with Crippen molar-refractivity contribution in [2.45, 2.75) is 19.8 Å². The Labute approximate surface area is 171 Å². The van der Waals surface area contributed by atoms with Gasteiger partial charge in [-0.05, 0) is 25.5 Å². The van der Waals surface area contributed by atoms with E-state index in [0.717, 1.165) is 12.3 Å². The lowest BCUT2D eigenvalue weighted by atomic mass is 9.88. The summed E-state index contributed by atoms with van der Waals surface area (Å²) in [5.41, 5.74) is -1.32. The number of likely N-dealkylation sites (N-methyl/N-ethyl adjacent to an activating group) is 1. The van der Waals surface area contributed by atoms with E-state index in [2.05, 4.69) is 9.83 Å². The van der Waals surface area contributed by atoms with Crippen LogP contribution in [0.4, 0.5) is 17.1 Å². The van der Waals surface area contributed by atoms with Crippen LogP contribution in [-0.2, 0) is 4.79 Å². The monoisotopic (exact) mass is 408 g/mol. The Hall–Kier alpha value is -4.38. The summed E-state index contributed by atoms with van der Waals surface area (Å²) in [5, 5.41) is 32.2. The number of hydrogen-bond acceptors (Lipinski definition) is 7. The number of benzene rings is 1. The first-order chi connectivity index (χ1) is 14.3. The lowest BCUT2D eigenvalue weighted by Crippen LogP contribution is -2.36. The summed E-state index contributed by atoms with van der Waals surface area (Å²) in [5.74, 6) is -1.89. The van der Waals surface area contributed by atoms with E-state index in [0.29, 0.717) is 13.1 Å². The number of rotatable bonds is 7. The molecule has 30 heavy (non-hydrogen) atoms. The lowest BCUT2D eigenvalue weighted by Gasteiger charge is -2.25. The third-order valence-corrected chi connectivity index (χ3v) is 4.48. The minimum atomic E-state index is -1.35. The quantitative estimate of drug-likeness (QED) is 0.387. The highest BCUT2D eigenvalue weighted by atomic mass is 16.6. The van der Waals surface area contributed by atoms with Gasteiger partial charge in [0, 0.05) is 18.7 Å². The van der Waals surface area contributed by atoms with Crippen LogP contribution >= 0.6 is 0 Å². The molecule has 0 saturated heterocycles. The third kappa shape index (κ3) is 4.20. The molecule has 2 aromatic rings. The number of nitro groups is 2. The molecule has 0 spiro atoms. The van der Waals surface area contributed by atoms with Gasteiger partial charge < -0.3 is 4.90 Å². The maximum Gasteiger partial charge on any atom is 0.298 e. The molecule has 1 aromatic carbocycles. The van der Waals surface area contributed by atoms with E-state index < -0.39 is 33.0 Å². The Morgan fingerprint density at radius 2 is 1.93 bits per heavy atom. The van der Waals surface area contributed by atoms with Gasteiger partial charge in [0.15, 0.2) is 5.69 Å². The Morgan fingerprint density at radius 1 is 1.27 bits per heavy atom. The van der Waals surface area contributed by atoms with Gasteiger partial charge in [0.1, 0.15) is 17.8 Å². The zero-order valence-electron chi connectivity index (χ0n) is 16.1. The van der Waals surface area contributed by atoms with Crippen molar-refractivity contribution in [1.29, 1.82) is 5.26 Å². The van der Waals surface area contributed by atoms with Crippen LogP contribution in [0.3, 0.4) is 0 Å². The Morgan fingerprint density at radius 3 is 2.43 bits per heavy atom. The van der Waals surface area contributed by atoms with E-state index in [-0.39, 0.29) is 22.5 Å². The number of aromatic nitrogens is 1. The number of carbonyl (C=O) groups is 1. The van der Waals surface area contributed by atoms with Crippen molar-refractivity contribution in [3.05, 3.63) is 78.9 Å².